The second kappa shape index (κ2) is 4.00. The summed E-state index contributed by atoms with van der Waals surface area (Å²) in [4.78, 5) is 23.2. The number of hydrogen-bond donors (Lipinski definition) is 0. The lowest BCUT2D eigenvalue weighted by atomic mass is 10.0. The molecule has 0 aromatic heterocycles. The molecule has 2 aliphatic rings. The van der Waals surface area contributed by atoms with Crippen LogP contribution in [-0.2, 0) is 23.8 Å². The van der Waals surface area contributed by atoms with E-state index in [1.807, 2.05) is 20.8 Å². The minimum atomic E-state index is -0.965. The van der Waals surface area contributed by atoms with Gasteiger partial charge >= 0.3 is 11.9 Å². The molecule has 0 N–H and O–H groups in total. The standard InChI is InChI=1S/C13H18O5/c1-8-9(11(15)18-12(2,3)4)7-13(16-8)6-5-10(14)17-13/h5-7H2,1-4H3. The Labute approximate surface area is 106 Å². The zero-order valence-electron chi connectivity index (χ0n) is 11.2. The first-order valence-electron chi connectivity index (χ1n) is 6.05. The van der Waals surface area contributed by atoms with Crippen LogP contribution >= 0.6 is 0 Å². The first-order valence-corrected chi connectivity index (χ1v) is 6.05. The Bertz CT molecular complexity index is 429. The lowest BCUT2D eigenvalue weighted by molar-refractivity contribution is -0.187. The number of hydrogen-bond acceptors (Lipinski definition) is 5. The fraction of sp³-hybridized carbons (Fsp3) is 0.692. The second-order valence-electron chi connectivity index (χ2n) is 5.70. The Balaban J connectivity index is 2.09. The van der Waals surface area contributed by atoms with Gasteiger partial charge < -0.3 is 14.2 Å². The summed E-state index contributed by atoms with van der Waals surface area (Å²) in [6.07, 6.45) is 1.09. The second-order valence-corrected chi connectivity index (χ2v) is 5.70. The van der Waals surface area contributed by atoms with E-state index >= 15 is 0 Å². The Morgan fingerprint density at radius 3 is 2.50 bits per heavy atom. The molecule has 1 fully saturated rings. The first kappa shape index (κ1) is 12.9. The molecule has 1 atom stereocenters. The van der Waals surface area contributed by atoms with Crippen LogP contribution in [0.2, 0.25) is 0 Å². The Morgan fingerprint density at radius 1 is 1.33 bits per heavy atom. The van der Waals surface area contributed by atoms with Crippen molar-refractivity contribution in [1.82, 2.24) is 0 Å². The number of esters is 2. The lowest BCUT2D eigenvalue weighted by Gasteiger charge is -2.22. The van der Waals surface area contributed by atoms with Gasteiger partial charge in [-0.15, -0.1) is 0 Å². The molecule has 0 aliphatic carbocycles. The molecule has 100 valence electrons. The highest BCUT2D eigenvalue weighted by Crippen LogP contribution is 2.42. The van der Waals surface area contributed by atoms with E-state index in [-0.39, 0.29) is 12.4 Å². The van der Waals surface area contributed by atoms with Crippen molar-refractivity contribution >= 4 is 11.9 Å². The monoisotopic (exact) mass is 254 g/mol. The molecule has 2 heterocycles. The van der Waals surface area contributed by atoms with Gasteiger partial charge in [0.2, 0.25) is 0 Å². The first-order chi connectivity index (χ1) is 8.21. The summed E-state index contributed by atoms with van der Waals surface area (Å²) < 4.78 is 16.0. The molecule has 1 saturated heterocycles. The van der Waals surface area contributed by atoms with Crippen LogP contribution in [0.3, 0.4) is 0 Å². The average Bonchev–Trinajstić information content (AvgIpc) is 2.68. The molecule has 0 saturated carbocycles. The fourth-order valence-electron chi connectivity index (χ4n) is 2.12. The maximum atomic E-state index is 12.0. The third kappa shape index (κ3) is 2.49. The molecular weight excluding hydrogens is 236 g/mol. The molecule has 5 heteroatoms. The van der Waals surface area contributed by atoms with Crippen molar-refractivity contribution in [3.05, 3.63) is 11.3 Å². The van der Waals surface area contributed by atoms with Crippen LogP contribution in [0.5, 0.6) is 0 Å². The topological polar surface area (TPSA) is 61.8 Å². The summed E-state index contributed by atoms with van der Waals surface area (Å²) in [5.74, 6) is -1.17. The molecule has 5 nitrogen and oxygen atoms in total. The predicted molar refractivity (Wildman–Crippen MR) is 62.3 cm³/mol. The van der Waals surface area contributed by atoms with Gasteiger partial charge in [0.05, 0.1) is 18.4 Å². The van der Waals surface area contributed by atoms with E-state index in [0.29, 0.717) is 24.2 Å². The Kier molecular flexibility index (Phi) is 2.87. The molecule has 0 bridgehead atoms. The van der Waals surface area contributed by atoms with Crippen LogP contribution in [-0.4, -0.2) is 23.3 Å². The molecule has 2 aliphatic heterocycles. The summed E-state index contributed by atoms with van der Waals surface area (Å²) in [6, 6.07) is 0. The van der Waals surface area contributed by atoms with Gasteiger partial charge in [-0.25, -0.2) is 4.79 Å². The van der Waals surface area contributed by atoms with E-state index in [1.165, 1.54) is 0 Å². The molecule has 18 heavy (non-hydrogen) atoms. The van der Waals surface area contributed by atoms with E-state index in [2.05, 4.69) is 0 Å². The van der Waals surface area contributed by atoms with E-state index in [4.69, 9.17) is 14.2 Å². The van der Waals surface area contributed by atoms with Gasteiger partial charge in [0.1, 0.15) is 11.4 Å². The van der Waals surface area contributed by atoms with Crippen LogP contribution in [0.1, 0.15) is 47.0 Å². The van der Waals surface area contributed by atoms with Crippen molar-refractivity contribution in [2.45, 2.75) is 58.3 Å². The van der Waals surface area contributed by atoms with Crippen LogP contribution in [0.15, 0.2) is 11.3 Å². The highest BCUT2D eigenvalue weighted by molar-refractivity contribution is 5.90. The maximum Gasteiger partial charge on any atom is 0.338 e. The quantitative estimate of drug-likeness (QED) is 0.670. The van der Waals surface area contributed by atoms with Gasteiger partial charge in [0, 0.05) is 6.42 Å². The van der Waals surface area contributed by atoms with Gasteiger partial charge in [-0.2, -0.15) is 0 Å². The van der Waals surface area contributed by atoms with Crippen molar-refractivity contribution in [2.75, 3.05) is 0 Å². The summed E-state index contributed by atoms with van der Waals surface area (Å²) in [5, 5.41) is 0. The van der Waals surface area contributed by atoms with E-state index < -0.39 is 17.4 Å². The molecule has 0 amide bonds. The van der Waals surface area contributed by atoms with E-state index in [9.17, 15) is 9.59 Å². The predicted octanol–water partition coefficient (Wildman–Crippen LogP) is 2.06. The maximum absolute atomic E-state index is 12.0. The van der Waals surface area contributed by atoms with Crippen LogP contribution in [0.25, 0.3) is 0 Å². The Hall–Kier alpha value is -1.52. The van der Waals surface area contributed by atoms with Gasteiger partial charge in [-0.1, -0.05) is 0 Å². The van der Waals surface area contributed by atoms with Crippen LogP contribution in [0.4, 0.5) is 0 Å². The number of carbonyl (C=O) groups is 2. The van der Waals surface area contributed by atoms with Gasteiger partial charge in [0.15, 0.2) is 0 Å². The molecule has 0 aromatic carbocycles. The van der Waals surface area contributed by atoms with Gasteiger partial charge in [-0.05, 0) is 27.7 Å². The van der Waals surface area contributed by atoms with E-state index in [1.54, 1.807) is 6.92 Å². The lowest BCUT2D eigenvalue weighted by Crippen LogP contribution is -2.29. The highest BCUT2D eigenvalue weighted by atomic mass is 16.7. The Morgan fingerprint density at radius 2 is 2.00 bits per heavy atom. The number of rotatable bonds is 1. The minimum absolute atomic E-state index is 0.277. The molecule has 1 unspecified atom stereocenters. The normalized spacial score (nSPS) is 27.4. The fourth-order valence-corrected chi connectivity index (χ4v) is 2.12. The molecular formula is C13H18O5. The zero-order valence-corrected chi connectivity index (χ0v) is 11.2. The highest BCUT2D eigenvalue weighted by Gasteiger charge is 2.49. The smallest absolute Gasteiger partial charge is 0.338 e. The van der Waals surface area contributed by atoms with Crippen LogP contribution < -0.4 is 0 Å². The van der Waals surface area contributed by atoms with Crippen molar-refractivity contribution in [3.63, 3.8) is 0 Å². The molecule has 0 aromatic rings. The molecule has 0 radical (unpaired) electrons. The third-order valence-electron chi connectivity index (χ3n) is 2.87. The van der Waals surface area contributed by atoms with E-state index in [0.717, 1.165) is 0 Å². The van der Waals surface area contributed by atoms with Crippen molar-refractivity contribution < 1.29 is 23.8 Å². The largest absolute Gasteiger partial charge is 0.457 e. The SMILES string of the molecule is CC1=C(C(=O)OC(C)(C)C)CC2(CCC(=O)O2)O1. The van der Waals surface area contributed by atoms with Gasteiger partial charge in [0.25, 0.3) is 5.79 Å². The zero-order chi connectivity index (χ0) is 13.6. The van der Waals surface area contributed by atoms with Crippen LogP contribution in [0, 0.1) is 0 Å². The summed E-state index contributed by atoms with van der Waals surface area (Å²) in [5.41, 5.74) is -0.0912. The number of allylic oxidation sites excluding steroid dienone is 1. The summed E-state index contributed by atoms with van der Waals surface area (Å²) >= 11 is 0. The molecule has 2 rings (SSSR count). The summed E-state index contributed by atoms with van der Waals surface area (Å²) in [6.45, 7) is 7.12. The third-order valence-corrected chi connectivity index (χ3v) is 2.87. The number of carbonyl (C=O) groups excluding carboxylic acids is 2. The number of ether oxygens (including phenoxy) is 3. The minimum Gasteiger partial charge on any atom is -0.457 e. The van der Waals surface area contributed by atoms with Crippen molar-refractivity contribution in [3.8, 4) is 0 Å². The van der Waals surface area contributed by atoms with Crippen molar-refractivity contribution in [1.29, 1.82) is 0 Å². The molecule has 1 spiro atoms. The van der Waals surface area contributed by atoms with Gasteiger partial charge in [-0.3, -0.25) is 4.79 Å². The van der Waals surface area contributed by atoms with Crippen molar-refractivity contribution in [2.24, 2.45) is 0 Å². The average molecular weight is 254 g/mol. The summed E-state index contributed by atoms with van der Waals surface area (Å²) in [7, 11) is 0.